The van der Waals surface area contributed by atoms with Crippen LogP contribution in [-0.4, -0.2) is 25.4 Å². The van der Waals surface area contributed by atoms with E-state index in [0.29, 0.717) is 11.5 Å². The first-order chi connectivity index (χ1) is 10.3. The molecule has 0 aromatic heterocycles. The Bertz CT molecular complexity index is 628. The second-order valence-electron chi connectivity index (χ2n) is 7.16. The number of ether oxygens (including phenoxy) is 1. The maximum absolute atomic E-state index is 9.46. The molecule has 0 spiro atoms. The van der Waals surface area contributed by atoms with Crippen LogP contribution >= 0.6 is 0 Å². The number of hydrogen-bond acceptors (Lipinski definition) is 4. The van der Waals surface area contributed by atoms with Gasteiger partial charge in [0.25, 0.3) is 0 Å². The predicted octanol–water partition coefficient (Wildman–Crippen LogP) is 2.74. The van der Waals surface area contributed by atoms with Crippen LogP contribution in [0.5, 0.6) is 5.75 Å². The van der Waals surface area contributed by atoms with Gasteiger partial charge in [0.15, 0.2) is 0 Å². The SMILES string of the molecule is COc1cc(C2CC2)c(C#N)cc1B1OC(C)(C)C(C)(C)O1. The van der Waals surface area contributed by atoms with E-state index in [1.807, 2.05) is 39.8 Å². The van der Waals surface area contributed by atoms with Crippen molar-refractivity contribution in [2.75, 3.05) is 7.11 Å². The molecule has 3 rings (SSSR count). The second kappa shape index (κ2) is 5.01. The third-order valence-corrected chi connectivity index (χ3v) is 5.05. The summed E-state index contributed by atoms with van der Waals surface area (Å²) in [5.74, 6) is 1.23. The molecule has 1 aromatic carbocycles. The highest BCUT2D eigenvalue weighted by Gasteiger charge is 2.52. The van der Waals surface area contributed by atoms with Crippen molar-refractivity contribution < 1.29 is 14.0 Å². The number of methoxy groups -OCH3 is 1. The Morgan fingerprint density at radius 3 is 2.23 bits per heavy atom. The molecule has 0 amide bonds. The first kappa shape index (κ1) is 15.4. The standard InChI is InChI=1S/C17H22BNO3/c1-16(2)17(3,4)22-18(21-16)14-8-12(10-19)13(11-6-7-11)9-15(14)20-5/h8-9,11H,6-7H2,1-5H3. The monoisotopic (exact) mass is 299 g/mol. The molecule has 1 aliphatic carbocycles. The molecule has 2 aliphatic rings. The van der Waals surface area contributed by atoms with Crippen molar-refractivity contribution in [2.45, 2.75) is 57.7 Å². The van der Waals surface area contributed by atoms with Crippen molar-refractivity contribution in [3.63, 3.8) is 0 Å². The lowest BCUT2D eigenvalue weighted by Gasteiger charge is -2.32. The van der Waals surface area contributed by atoms with Crippen LogP contribution in [0.4, 0.5) is 0 Å². The van der Waals surface area contributed by atoms with E-state index < -0.39 is 18.3 Å². The average molecular weight is 299 g/mol. The Balaban J connectivity index is 2.02. The molecule has 1 saturated heterocycles. The van der Waals surface area contributed by atoms with Gasteiger partial charge in [-0.3, -0.25) is 0 Å². The van der Waals surface area contributed by atoms with E-state index in [-0.39, 0.29) is 0 Å². The first-order valence-corrected chi connectivity index (χ1v) is 7.76. The van der Waals surface area contributed by atoms with Crippen LogP contribution in [0.1, 0.15) is 57.6 Å². The van der Waals surface area contributed by atoms with E-state index in [4.69, 9.17) is 14.0 Å². The van der Waals surface area contributed by atoms with Crippen LogP contribution in [0.25, 0.3) is 0 Å². The van der Waals surface area contributed by atoms with Gasteiger partial charge in [-0.05, 0) is 64.2 Å². The van der Waals surface area contributed by atoms with Gasteiger partial charge in [0, 0.05) is 5.46 Å². The third kappa shape index (κ3) is 2.41. The Morgan fingerprint density at radius 1 is 1.18 bits per heavy atom. The summed E-state index contributed by atoms with van der Waals surface area (Å²) in [6.45, 7) is 8.07. The zero-order valence-corrected chi connectivity index (χ0v) is 13.9. The molecule has 1 saturated carbocycles. The van der Waals surface area contributed by atoms with Gasteiger partial charge in [-0.25, -0.2) is 0 Å². The summed E-state index contributed by atoms with van der Waals surface area (Å²) in [5.41, 5.74) is 1.75. The summed E-state index contributed by atoms with van der Waals surface area (Å²) in [5, 5.41) is 9.46. The van der Waals surface area contributed by atoms with E-state index in [9.17, 15) is 5.26 Å². The molecular formula is C17H22BNO3. The Morgan fingerprint density at radius 2 is 1.77 bits per heavy atom. The van der Waals surface area contributed by atoms with E-state index >= 15 is 0 Å². The maximum atomic E-state index is 9.46. The molecule has 0 N–H and O–H groups in total. The summed E-state index contributed by atoms with van der Waals surface area (Å²) in [7, 11) is 1.13. The maximum Gasteiger partial charge on any atom is 0.498 e. The number of benzene rings is 1. The van der Waals surface area contributed by atoms with Crippen LogP contribution in [0, 0.1) is 11.3 Å². The van der Waals surface area contributed by atoms with Gasteiger partial charge in [-0.2, -0.15) is 5.26 Å². The van der Waals surface area contributed by atoms with Crippen LogP contribution in [-0.2, 0) is 9.31 Å². The number of nitrogens with zero attached hydrogens (tertiary/aromatic N) is 1. The molecule has 0 unspecified atom stereocenters. The quantitative estimate of drug-likeness (QED) is 0.805. The molecule has 4 nitrogen and oxygen atoms in total. The van der Waals surface area contributed by atoms with Crippen molar-refractivity contribution in [1.82, 2.24) is 0 Å². The molecule has 1 aliphatic heterocycles. The Labute approximate surface area is 132 Å². The van der Waals surface area contributed by atoms with Gasteiger partial charge in [-0.1, -0.05) is 0 Å². The molecule has 22 heavy (non-hydrogen) atoms. The lowest BCUT2D eigenvalue weighted by Crippen LogP contribution is -2.41. The fourth-order valence-electron chi connectivity index (χ4n) is 2.77. The number of nitriles is 1. The molecule has 1 aromatic rings. The topological polar surface area (TPSA) is 51.5 Å². The second-order valence-corrected chi connectivity index (χ2v) is 7.16. The number of hydrogen-bond donors (Lipinski definition) is 0. The lowest BCUT2D eigenvalue weighted by molar-refractivity contribution is 0.00578. The van der Waals surface area contributed by atoms with E-state index in [1.54, 1.807) is 7.11 Å². The van der Waals surface area contributed by atoms with Crippen LogP contribution < -0.4 is 10.2 Å². The summed E-state index contributed by atoms with van der Waals surface area (Å²) in [4.78, 5) is 0. The first-order valence-electron chi connectivity index (χ1n) is 7.76. The minimum absolute atomic E-state index is 0.412. The molecular weight excluding hydrogens is 277 g/mol. The van der Waals surface area contributed by atoms with Crippen LogP contribution in [0.3, 0.4) is 0 Å². The van der Waals surface area contributed by atoms with Gasteiger partial charge in [-0.15, -0.1) is 0 Å². The van der Waals surface area contributed by atoms with Gasteiger partial charge < -0.3 is 14.0 Å². The largest absolute Gasteiger partial charge is 0.498 e. The summed E-state index contributed by atoms with van der Waals surface area (Å²) < 4.78 is 17.7. The van der Waals surface area contributed by atoms with Gasteiger partial charge >= 0.3 is 7.12 Å². The predicted molar refractivity (Wildman–Crippen MR) is 85.4 cm³/mol. The van der Waals surface area contributed by atoms with E-state index in [1.165, 1.54) is 0 Å². The third-order valence-electron chi connectivity index (χ3n) is 5.05. The zero-order chi connectivity index (χ0) is 16.1. The minimum atomic E-state index is -0.514. The molecule has 2 fully saturated rings. The van der Waals surface area contributed by atoms with Gasteiger partial charge in [0.05, 0.1) is 29.9 Å². The van der Waals surface area contributed by atoms with Gasteiger partial charge in [0.1, 0.15) is 5.75 Å². The molecule has 0 bridgehead atoms. The van der Waals surface area contributed by atoms with Crippen molar-refractivity contribution in [3.05, 3.63) is 23.3 Å². The van der Waals surface area contributed by atoms with Gasteiger partial charge in [0.2, 0.25) is 0 Å². The van der Waals surface area contributed by atoms with Crippen molar-refractivity contribution in [2.24, 2.45) is 0 Å². The Kier molecular flexibility index (Phi) is 3.50. The molecule has 0 radical (unpaired) electrons. The smallest absolute Gasteiger partial charge is 0.497 e. The van der Waals surface area contributed by atoms with Crippen molar-refractivity contribution >= 4 is 12.6 Å². The highest BCUT2D eigenvalue weighted by Crippen LogP contribution is 2.43. The lowest BCUT2D eigenvalue weighted by atomic mass is 9.76. The highest BCUT2D eigenvalue weighted by atomic mass is 16.7. The summed E-state index contributed by atoms with van der Waals surface area (Å²) >= 11 is 0. The van der Waals surface area contributed by atoms with Crippen LogP contribution in [0.15, 0.2) is 12.1 Å². The highest BCUT2D eigenvalue weighted by molar-refractivity contribution is 6.63. The van der Waals surface area contributed by atoms with E-state index in [0.717, 1.165) is 29.6 Å². The van der Waals surface area contributed by atoms with Crippen LogP contribution in [0.2, 0.25) is 0 Å². The van der Waals surface area contributed by atoms with Crippen molar-refractivity contribution in [3.8, 4) is 11.8 Å². The molecule has 5 heteroatoms. The zero-order valence-electron chi connectivity index (χ0n) is 13.9. The Hall–Kier alpha value is -1.51. The normalized spacial score (nSPS) is 22.5. The molecule has 116 valence electrons. The summed E-state index contributed by atoms with van der Waals surface area (Å²) in [6.07, 6.45) is 2.29. The fourth-order valence-corrected chi connectivity index (χ4v) is 2.77. The minimum Gasteiger partial charge on any atom is -0.497 e. The molecule has 1 heterocycles. The summed E-state index contributed by atoms with van der Waals surface area (Å²) in [6, 6.07) is 6.16. The van der Waals surface area contributed by atoms with Crippen molar-refractivity contribution in [1.29, 1.82) is 5.26 Å². The number of rotatable bonds is 3. The fraction of sp³-hybridized carbons (Fsp3) is 0.588. The average Bonchev–Trinajstić information content (AvgIpc) is 3.25. The molecule has 0 atom stereocenters. The van der Waals surface area contributed by atoms with E-state index in [2.05, 4.69) is 6.07 Å².